The second-order valence-electron chi connectivity index (χ2n) is 5.69. The molecule has 1 aromatic rings. The van der Waals surface area contributed by atoms with E-state index >= 15 is 0 Å². The van der Waals surface area contributed by atoms with E-state index in [4.69, 9.17) is 0 Å². The van der Waals surface area contributed by atoms with Crippen LogP contribution < -0.4 is 10.6 Å². The predicted molar refractivity (Wildman–Crippen MR) is 101 cm³/mol. The van der Waals surface area contributed by atoms with Gasteiger partial charge in [-0.15, -0.1) is 24.0 Å². The number of hydrogen-bond donors (Lipinski definition) is 2. The molecule has 2 rings (SSSR count). The Balaban J connectivity index is 0.00000264. The van der Waals surface area contributed by atoms with Gasteiger partial charge in [-0.2, -0.15) is 0 Å². The zero-order chi connectivity index (χ0) is 15.9. The molecule has 2 atom stereocenters. The fourth-order valence-corrected chi connectivity index (χ4v) is 2.80. The third-order valence-corrected chi connectivity index (χ3v) is 3.92. The lowest BCUT2D eigenvalue weighted by Crippen LogP contribution is -2.45. The lowest BCUT2D eigenvalue weighted by atomic mass is 10.2. The van der Waals surface area contributed by atoms with E-state index in [0.717, 1.165) is 19.5 Å². The van der Waals surface area contributed by atoms with Crippen LogP contribution in [0, 0.1) is 0 Å². The molecule has 7 heteroatoms. The fraction of sp³-hybridized carbons (Fsp3) is 0.562. The lowest BCUT2D eigenvalue weighted by Gasteiger charge is -2.21. The van der Waals surface area contributed by atoms with Crippen molar-refractivity contribution in [3.63, 3.8) is 0 Å². The number of halogens is 3. The SMILES string of the molecule is CN=C(NCC(F)F)NC1CC(C)N(Cc2ccccc2)C1.I. The van der Waals surface area contributed by atoms with E-state index in [1.54, 1.807) is 7.05 Å². The number of nitrogens with one attached hydrogen (secondary N) is 2. The summed E-state index contributed by atoms with van der Waals surface area (Å²) in [5, 5.41) is 5.88. The van der Waals surface area contributed by atoms with Crippen molar-refractivity contribution in [2.75, 3.05) is 20.1 Å². The molecule has 2 N–H and O–H groups in total. The molecule has 4 nitrogen and oxygen atoms in total. The Morgan fingerprint density at radius 2 is 2.04 bits per heavy atom. The summed E-state index contributed by atoms with van der Waals surface area (Å²) in [6.45, 7) is 3.60. The molecule has 1 heterocycles. The normalized spacial score (nSPS) is 22.0. The molecule has 0 spiro atoms. The van der Waals surface area contributed by atoms with Crippen LogP contribution in [0.3, 0.4) is 0 Å². The maximum absolute atomic E-state index is 12.3. The first kappa shape index (κ1) is 20.1. The summed E-state index contributed by atoms with van der Waals surface area (Å²) in [6, 6.07) is 11.0. The van der Waals surface area contributed by atoms with Crippen molar-refractivity contribution in [3.8, 4) is 0 Å². The van der Waals surface area contributed by atoms with Crippen LogP contribution in [0.1, 0.15) is 18.9 Å². The first-order chi connectivity index (χ1) is 10.6. The first-order valence-corrected chi connectivity index (χ1v) is 7.61. The van der Waals surface area contributed by atoms with Crippen LogP contribution in [-0.4, -0.2) is 49.5 Å². The molecule has 0 bridgehead atoms. The molecule has 0 saturated carbocycles. The lowest BCUT2D eigenvalue weighted by molar-refractivity contribution is 0.152. The Morgan fingerprint density at radius 3 is 2.65 bits per heavy atom. The van der Waals surface area contributed by atoms with Crippen LogP contribution in [0.15, 0.2) is 35.3 Å². The number of aliphatic imine (C=N–C) groups is 1. The van der Waals surface area contributed by atoms with Gasteiger partial charge < -0.3 is 10.6 Å². The van der Waals surface area contributed by atoms with E-state index < -0.39 is 6.43 Å². The zero-order valence-electron chi connectivity index (χ0n) is 13.5. The van der Waals surface area contributed by atoms with Crippen LogP contribution in [0.4, 0.5) is 8.78 Å². The summed E-state index contributed by atoms with van der Waals surface area (Å²) in [4.78, 5) is 6.40. The molecule has 1 aliphatic heterocycles. The highest BCUT2D eigenvalue weighted by atomic mass is 127. The second kappa shape index (κ2) is 10.0. The quantitative estimate of drug-likeness (QED) is 0.422. The number of rotatable bonds is 5. The average Bonchev–Trinajstić information content (AvgIpc) is 2.84. The molecule has 1 fully saturated rings. The molecule has 130 valence electrons. The topological polar surface area (TPSA) is 39.7 Å². The van der Waals surface area contributed by atoms with Gasteiger partial charge in [-0.3, -0.25) is 9.89 Å². The number of benzene rings is 1. The van der Waals surface area contributed by atoms with Crippen molar-refractivity contribution in [2.24, 2.45) is 4.99 Å². The van der Waals surface area contributed by atoms with Crippen LogP contribution in [0.25, 0.3) is 0 Å². The Kier molecular flexibility index (Phi) is 8.75. The maximum atomic E-state index is 12.3. The van der Waals surface area contributed by atoms with Crippen molar-refractivity contribution in [1.29, 1.82) is 0 Å². The molecular formula is C16H25F2IN4. The van der Waals surface area contributed by atoms with Gasteiger partial charge in [-0.1, -0.05) is 30.3 Å². The summed E-state index contributed by atoms with van der Waals surface area (Å²) in [5.74, 6) is 0.444. The van der Waals surface area contributed by atoms with Crippen LogP contribution in [0.5, 0.6) is 0 Å². The smallest absolute Gasteiger partial charge is 0.255 e. The first-order valence-electron chi connectivity index (χ1n) is 7.61. The number of nitrogens with zero attached hydrogens (tertiary/aromatic N) is 2. The van der Waals surface area contributed by atoms with Gasteiger partial charge in [-0.05, 0) is 18.9 Å². The Morgan fingerprint density at radius 1 is 1.35 bits per heavy atom. The van der Waals surface area contributed by atoms with Gasteiger partial charge in [0.05, 0.1) is 6.54 Å². The highest BCUT2D eigenvalue weighted by Crippen LogP contribution is 2.20. The number of likely N-dealkylation sites (tertiary alicyclic amines) is 1. The molecule has 0 aliphatic carbocycles. The zero-order valence-corrected chi connectivity index (χ0v) is 15.8. The van der Waals surface area contributed by atoms with E-state index in [2.05, 4.69) is 39.6 Å². The number of guanidine groups is 1. The number of hydrogen-bond acceptors (Lipinski definition) is 2. The molecule has 0 amide bonds. The van der Waals surface area contributed by atoms with Gasteiger partial charge in [0, 0.05) is 32.2 Å². The van der Waals surface area contributed by atoms with Crippen LogP contribution in [0.2, 0.25) is 0 Å². The summed E-state index contributed by atoms with van der Waals surface area (Å²) < 4.78 is 24.5. The minimum atomic E-state index is -2.38. The van der Waals surface area contributed by atoms with E-state index in [1.165, 1.54) is 5.56 Å². The van der Waals surface area contributed by atoms with E-state index in [9.17, 15) is 8.78 Å². The molecule has 1 saturated heterocycles. The fourth-order valence-electron chi connectivity index (χ4n) is 2.80. The molecular weight excluding hydrogens is 413 g/mol. The molecule has 1 aromatic carbocycles. The molecule has 0 radical (unpaired) electrons. The molecule has 2 unspecified atom stereocenters. The summed E-state index contributed by atoms with van der Waals surface area (Å²) in [7, 11) is 1.60. The average molecular weight is 438 g/mol. The second-order valence-corrected chi connectivity index (χ2v) is 5.69. The van der Waals surface area contributed by atoms with E-state index in [1.807, 2.05) is 18.2 Å². The van der Waals surface area contributed by atoms with Crippen molar-refractivity contribution in [1.82, 2.24) is 15.5 Å². The van der Waals surface area contributed by atoms with Crippen molar-refractivity contribution in [3.05, 3.63) is 35.9 Å². The van der Waals surface area contributed by atoms with E-state index in [-0.39, 0.29) is 36.6 Å². The van der Waals surface area contributed by atoms with Gasteiger partial charge >= 0.3 is 0 Å². The Bertz CT molecular complexity index is 484. The van der Waals surface area contributed by atoms with Gasteiger partial charge in [0.15, 0.2) is 5.96 Å². The monoisotopic (exact) mass is 438 g/mol. The van der Waals surface area contributed by atoms with Gasteiger partial charge in [0.2, 0.25) is 0 Å². The van der Waals surface area contributed by atoms with Gasteiger partial charge in [0.1, 0.15) is 0 Å². The summed E-state index contributed by atoms with van der Waals surface area (Å²) in [6.07, 6.45) is -1.40. The Labute approximate surface area is 153 Å². The highest BCUT2D eigenvalue weighted by molar-refractivity contribution is 14.0. The number of alkyl halides is 2. The van der Waals surface area contributed by atoms with Crippen LogP contribution >= 0.6 is 24.0 Å². The summed E-state index contributed by atoms with van der Waals surface area (Å²) >= 11 is 0. The van der Waals surface area contributed by atoms with Crippen molar-refractivity contribution < 1.29 is 8.78 Å². The third-order valence-electron chi connectivity index (χ3n) is 3.92. The minimum absolute atomic E-state index is 0. The van der Waals surface area contributed by atoms with Crippen LogP contribution in [-0.2, 0) is 6.54 Å². The van der Waals surface area contributed by atoms with E-state index in [0.29, 0.717) is 12.0 Å². The summed E-state index contributed by atoms with van der Waals surface area (Å²) in [5.41, 5.74) is 1.29. The van der Waals surface area contributed by atoms with Crippen molar-refractivity contribution in [2.45, 2.75) is 38.4 Å². The largest absolute Gasteiger partial charge is 0.352 e. The minimum Gasteiger partial charge on any atom is -0.352 e. The maximum Gasteiger partial charge on any atom is 0.255 e. The highest BCUT2D eigenvalue weighted by Gasteiger charge is 2.29. The molecule has 0 aromatic heterocycles. The van der Waals surface area contributed by atoms with Crippen molar-refractivity contribution >= 4 is 29.9 Å². The standard InChI is InChI=1S/C16H24F2N4.HI/c1-12-8-14(21-16(19-2)20-9-15(17)18)11-22(12)10-13-6-4-3-5-7-13;/h3-7,12,14-15H,8-11H2,1-2H3,(H2,19,20,21);1H. The Hall–Kier alpha value is -0.960. The van der Waals surface area contributed by atoms with Gasteiger partial charge in [0.25, 0.3) is 6.43 Å². The predicted octanol–water partition coefficient (Wildman–Crippen LogP) is 2.70. The third kappa shape index (κ3) is 6.58. The molecule has 1 aliphatic rings. The molecule has 23 heavy (non-hydrogen) atoms. The van der Waals surface area contributed by atoms with Gasteiger partial charge in [-0.25, -0.2) is 8.78 Å².